The van der Waals surface area contributed by atoms with E-state index >= 15 is 0 Å². The zero-order valence-corrected chi connectivity index (χ0v) is 10.1. The third kappa shape index (κ3) is 1.72. The Labute approximate surface area is 95.6 Å². The highest BCUT2D eigenvalue weighted by Gasteiger charge is 2.24. The molecule has 1 aromatic rings. The highest BCUT2D eigenvalue weighted by Crippen LogP contribution is 2.25. The molecule has 0 fully saturated rings. The Morgan fingerprint density at radius 3 is 2.81 bits per heavy atom. The Bertz CT molecular complexity index is 409. The molecule has 0 aromatic carbocycles. The molecule has 1 aliphatic carbocycles. The first-order chi connectivity index (χ1) is 7.65. The van der Waals surface area contributed by atoms with E-state index in [-0.39, 0.29) is 12.0 Å². The third-order valence-electron chi connectivity index (χ3n) is 3.28. The maximum Gasteiger partial charge on any atom is 0.328 e. The van der Waals surface area contributed by atoms with Gasteiger partial charge in [-0.2, -0.15) is 0 Å². The van der Waals surface area contributed by atoms with Crippen molar-refractivity contribution in [1.29, 1.82) is 0 Å². The Morgan fingerprint density at radius 2 is 2.12 bits per heavy atom. The first-order valence-corrected chi connectivity index (χ1v) is 5.79. The second kappa shape index (κ2) is 4.28. The van der Waals surface area contributed by atoms with Gasteiger partial charge < -0.3 is 9.30 Å². The van der Waals surface area contributed by atoms with Crippen molar-refractivity contribution in [3.63, 3.8) is 0 Å². The molecule has 4 heteroatoms. The number of esters is 1. The molecule has 0 N–H and O–H groups in total. The van der Waals surface area contributed by atoms with Crippen molar-refractivity contribution in [3.8, 4) is 0 Å². The van der Waals surface area contributed by atoms with Gasteiger partial charge in [0.25, 0.3) is 0 Å². The second-order valence-corrected chi connectivity index (χ2v) is 4.33. The van der Waals surface area contributed by atoms with Crippen molar-refractivity contribution >= 4 is 5.97 Å². The maximum atomic E-state index is 11.6. The predicted octanol–water partition coefficient (Wildman–Crippen LogP) is 1.80. The average molecular weight is 222 g/mol. The number of ether oxygens (including phenoxy) is 1. The fourth-order valence-electron chi connectivity index (χ4n) is 2.49. The fraction of sp³-hybridized carbons (Fsp3) is 0.667. The molecule has 0 saturated carbocycles. The molecule has 1 atom stereocenters. The number of hydrogen-bond acceptors (Lipinski definition) is 3. The van der Waals surface area contributed by atoms with E-state index in [4.69, 9.17) is 4.74 Å². The molecule has 0 unspecified atom stereocenters. The largest absolute Gasteiger partial charge is 0.467 e. The van der Waals surface area contributed by atoms with Gasteiger partial charge in [-0.15, -0.1) is 0 Å². The van der Waals surface area contributed by atoms with Crippen LogP contribution in [0.15, 0.2) is 0 Å². The number of aryl methyl sites for hydroxylation is 2. The van der Waals surface area contributed by atoms with Crippen LogP contribution in [-0.4, -0.2) is 22.6 Å². The smallest absolute Gasteiger partial charge is 0.328 e. The summed E-state index contributed by atoms with van der Waals surface area (Å²) >= 11 is 0. The Morgan fingerprint density at radius 1 is 1.44 bits per heavy atom. The van der Waals surface area contributed by atoms with Crippen molar-refractivity contribution in [2.75, 3.05) is 7.11 Å². The van der Waals surface area contributed by atoms with Gasteiger partial charge in [-0.1, -0.05) is 0 Å². The topological polar surface area (TPSA) is 44.1 Å². The lowest BCUT2D eigenvalue weighted by molar-refractivity contribution is -0.144. The lowest BCUT2D eigenvalue weighted by atomic mass is 10.0. The molecule has 2 rings (SSSR count). The van der Waals surface area contributed by atoms with E-state index in [0.29, 0.717) is 0 Å². The molecule has 0 spiro atoms. The van der Waals surface area contributed by atoms with Crippen LogP contribution in [0.2, 0.25) is 0 Å². The van der Waals surface area contributed by atoms with Crippen LogP contribution in [0.5, 0.6) is 0 Å². The number of nitrogens with zero attached hydrogens (tertiary/aromatic N) is 2. The van der Waals surface area contributed by atoms with Crippen molar-refractivity contribution in [2.24, 2.45) is 0 Å². The standard InChI is InChI=1S/C12H18N2O2/c1-8(12(15)16-3)14-9(2)13-10-6-4-5-7-11(10)14/h8H,4-7H2,1-3H3/t8-/m1/s1. The van der Waals surface area contributed by atoms with Crippen LogP contribution in [0.4, 0.5) is 0 Å². The van der Waals surface area contributed by atoms with E-state index in [1.165, 1.54) is 31.3 Å². The van der Waals surface area contributed by atoms with Crippen LogP contribution in [0.25, 0.3) is 0 Å². The molecular formula is C12H18N2O2. The lowest BCUT2D eigenvalue weighted by Crippen LogP contribution is -2.21. The van der Waals surface area contributed by atoms with Crippen LogP contribution in [0.1, 0.15) is 43.0 Å². The minimum absolute atomic E-state index is 0.200. The molecular weight excluding hydrogens is 204 g/mol. The van der Waals surface area contributed by atoms with Crippen LogP contribution in [0, 0.1) is 6.92 Å². The van der Waals surface area contributed by atoms with E-state index < -0.39 is 0 Å². The molecule has 88 valence electrons. The normalized spacial score (nSPS) is 16.7. The van der Waals surface area contributed by atoms with Crippen LogP contribution in [-0.2, 0) is 22.4 Å². The number of aromatic nitrogens is 2. The zero-order valence-electron chi connectivity index (χ0n) is 10.1. The number of hydrogen-bond donors (Lipinski definition) is 0. The third-order valence-corrected chi connectivity index (χ3v) is 3.28. The summed E-state index contributed by atoms with van der Waals surface area (Å²) in [6.07, 6.45) is 4.46. The van der Waals surface area contributed by atoms with Gasteiger partial charge in [-0.05, 0) is 39.5 Å². The van der Waals surface area contributed by atoms with Gasteiger partial charge in [-0.3, -0.25) is 0 Å². The zero-order chi connectivity index (χ0) is 11.7. The summed E-state index contributed by atoms with van der Waals surface area (Å²) in [5.41, 5.74) is 2.39. The van der Waals surface area contributed by atoms with Gasteiger partial charge in [0, 0.05) is 5.69 Å². The summed E-state index contributed by atoms with van der Waals surface area (Å²) in [7, 11) is 1.43. The van der Waals surface area contributed by atoms with Gasteiger partial charge in [0.2, 0.25) is 0 Å². The molecule has 4 nitrogen and oxygen atoms in total. The summed E-state index contributed by atoms with van der Waals surface area (Å²) in [5, 5.41) is 0. The molecule has 0 saturated heterocycles. The average Bonchev–Trinajstić information content (AvgIpc) is 2.63. The SMILES string of the molecule is COC(=O)[C@@H](C)n1c(C)nc2c1CCCC2. The number of methoxy groups -OCH3 is 1. The van der Waals surface area contributed by atoms with E-state index in [2.05, 4.69) is 4.98 Å². The summed E-state index contributed by atoms with van der Waals surface area (Å²) in [6.45, 7) is 3.83. The van der Waals surface area contributed by atoms with E-state index in [1.54, 1.807) is 0 Å². The van der Waals surface area contributed by atoms with Crippen molar-refractivity contribution in [2.45, 2.75) is 45.6 Å². The summed E-state index contributed by atoms with van der Waals surface area (Å²) in [4.78, 5) is 16.1. The summed E-state index contributed by atoms with van der Waals surface area (Å²) in [6, 6.07) is -0.264. The quantitative estimate of drug-likeness (QED) is 0.717. The van der Waals surface area contributed by atoms with Gasteiger partial charge in [0.1, 0.15) is 11.9 Å². The van der Waals surface area contributed by atoms with Gasteiger partial charge in [-0.25, -0.2) is 9.78 Å². The minimum Gasteiger partial charge on any atom is -0.467 e. The Balaban J connectivity index is 2.39. The van der Waals surface area contributed by atoms with Crippen molar-refractivity contribution in [3.05, 3.63) is 17.2 Å². The summed E-state index contributed by atoms with van der Waals surface area (Å²) in [5.74, 6) is 0.721. The highest BCUT2D eigenvalue weighted by atomic mass is 16.5. The Kier molecular flexibility index (Phi) is 2.99. The molecule has 1 aliphatic rings. The first-order valence-electron chi connectivity index (χ1n) is 5.79. The molecule has 0 radical (unpaired) electrons. The van der Waals surface area contributed by atoms with Crippen LogP contribution < -0.4 is 0 Å². The van der Waals surface area contributed by atoms with Gasteiger partial charge in [0.05, 0.1) is 12.8 Å². The highest BCUT2D eigenvalue weighted by molar-refractivity contribution is 5.73. The van der Waals surface area contributed by atoms with E-state index in [1.807, 2.05) is 18.4 Å². The van der Waals surface area contributed by atoms with Gasteiger partial charge >= 0.3 is 5.97 Å². The van der Waals surface area contributed by atoms with Crippen LogP contribution in [0.3, 0.4) is 0 Å². The second-order valence-electron chi connectivity index (χ2n) is 4.33. The predicted molar refractivity (Wildman–Crippen MR) is 60.3 cm³/mol. The number of carbonyl (C=O) groups excluding carboxylic acids is 1. The monoisotopic (exact) mass is 222 g/mol. The number of imidazole rings is 1. The molecule has 16 heavy (non-hydrogen) atoms. The minimum atomic E-state index is -0.264. The Hall–Kier alpha value is -1.32. The summed E-state index contributed by atoms with van der Waals surface area (Å²) < 4.78 is 6.82. The lowest BCUT2D eigenvalue weighted by Gasteiger charge is -2.18. The molecule has 0 aliphatic heterocycles. The number of rotatable bonds is 2. The molecule has 0 bridgehead atoms. The fourth-order valence-corrected chi connectivity index (χ4v) is 2.49. The molecule has 1 heterocycles. The molecule has 0 amide bonds. The van der Waals surface area contributed by atoms with E-state index in [0.717, 1.165) is 18.7 Å². The van der Waals surface area contributed by atoms with Crippen molar-refractivity contribution in [1.82, 2.24) is 9.55 Å². The maximum absolute atomic E-state index is 11.6. The molecule has 1 aromatic heterocycles. The number of fused-ring (bicyclic) bond motifs is 1. The number of carbonyl (C=O) groups is 1. The van der Waals surface area contributed by atoms with E-state index in [9.17, 15) is 4.79 Å². The first kappa shape index (κ1) is 11.2. The van der Waals surface area contributed by atoms with Crippen molar-refractivity contribution < 1.29 is 9.53 Å². The van der Waals surface area contributed by atoms with Gasteiger partial charge in [0.15, 0.2) is 0 Å². The van der Waals surface area contributed by atoms with Crippen LogP contribution >= 0.6 is 0 Å².